The molecule has 128 valence electrons. The third-order valence-corrected chi connectivity index (χ3v) is 4.04. The molecule has 0 spiro atoms. The molecule has 5 nitrogen and oxygen atoms in total. The predicted molar refractivity (Wildman–Crippen MR) is 99.3 cm³/mol. The predicted octanol–water partition coefficient (Wildman–Crippen LogP) is 2.86. The van der Waals surface area contributed by atoms with Gasteiger partial charge in [-0.25, -0.2) is 4.98 Å². The lowest BCUT2D eigenvalue weighted by atomic mass is 9.93. The van der Waals surface area contributed by atoms with Crippen molar-refractivity contribution >= 4 is 27.9 Å². The minimum Gasteiger partial charge on any atom is -0.394 e. The first-order valence-corrected chi connectivity index (χ1v) is 8.47. The quantitative estimate of drug-likeness (QED) is 0.444. The minimum absolute atomic E-state index is 0.0710. The molecule has 1 aromatic carbocycles. The zero-order valence-corrected chi connectivity index (χ0v) is 15.3. The number of carbonyl (C=O) groups excluding carboxylic acids is 1. The van der Waals surface area contributed by atoms with Crippen LogP contribution in [0.3, 0.4) is 0 Å². The van der Waals surface area contributed by atoms with E-state index in [1.165, 1.54) is 6.08 Å². The van der Waals surface area contributed by atoms with Crippen LogP contribution >= 0.6 is 15.9 Å². The molecule has 0 aliphatic carbocycles. The molecule has 0 aliphatic rings. The van der Waals surface area contributed by atoms with Crippen LogP contribution in [0.25, 0.3) is 6.08 Å². The van der Waals surface area contributed by atoms with Crippen molar-refractivity contribution in [3.05, 3.63) is 70.0 Å². The molecular weight excluding hydrogens is 382 g/mol. The van der Waals surface area contributed by atoms with E-state index in [9.17, 15) is 15.2 Å². The molecule has 1 unspecified atom stereocenters. The Kier molecular flexibility index (Phi) is 6.45. The van der Waals surface area contributed by atoms with E-state index in [-0.39, 0.29) is 12.2 Å². The molecule has 0 aliphatic heterocycles. The number of nitrogens with one attached hydrogen (secondary N) is 1. The Bertz CT molecular complexity index is 815. The molecular formula is C19H18BrN3O2. The monoisotopic (exact) mass is 399 g/mol. The first-order chi connectivity index (χ1) is 12.0. The maximum atomic E-state index is 12.5. The fourth-order valence-corrected chi connectivity index (χ4v) is 2.69. The highest BCUT2D eigenvalue weighted by Gasteiger charge is 2.27. The fraction of sp³-hybridized carbons (Fsp3) is 0.211. The maximum Gasteiger partial charge on any atom is 0.262 e. The van der Waals surface area contributed by atoms with Crippen molar-refractivity contribution in [1.82, 2.24) is 10.3 Å². The van der Waals surface area contributed by atoms with E-state index in [2.05, 4.69) is 26.2 Å². The third-order valence-electron chi connectivity index (χ3n) is 3.60. The van der Waals surface area contributed by atoms with Crippen molar-refractivity contribution in [2.75, 3.05) is 6.61 Å². The molecule has 6 heteroatoms. The molecule has 1 atom stereocenters. The van der Waals surface area contributed by atoms with Crippen molar-refractivity contribution < 1.29 is 9.90 Å². The van der Waals surface area contributed by atoms with Crippen LogP contribution in [-0.4, -0.2) is 28.1 Å². The van der Waals surface area contributed by atoms with Gasteiger partial charge in [0.25, 0.3) is 5.91 Å². The standard InChI is InChI=1S/C19H18BrN3O2/c1-19(13-24,11-14-6-3-2-4-7-14)23-18(25)15(12-21)10-16-8-5-9-17(20)22-16/h2-10,24H,11,13H2,1H3,(H,23,25)/b15-10+. The van der Waals surface area contributed by atoms with E-state index in [4.69, 9.17) is 0 Å². The molecule has 25 heavy (non-hydrogen) atoms. The Hall–Kier alpha value is -2.49. The first-order valence-electron chi connectivity index (χ1n) is 7.67. The molecule has 2 aromatic rings. The van der Waals surface area contributed by atoms with E-state index < -0.39 is 11.4 Å². The van der Waals surface area contributed by atoms with E-state index >= 15 is 0 Å². The number of benzene rings is 1. The number of carbonyl (C=O) groups is 1. The van der Waals surface area contributed by atoms with Gasteiger partial charge in [-0.3, -0.25) is 4.79 Å². The van der Waals surface area contributed by atoms with Gasteiger partial charge < -0.3 is 10.4 Å². The molecule has 0 saturated heterocycles. The van der Waals surface area contributed by atoms with Crippen molar-refractivity contribution in [1.29, 1.82) is 5.26 Å². The zero-order valence-electron chi connectivity index (χ0n) is 13.7. The lowest BCUT2D eigenvalue weighted by molar-refractivity contribution is -0.119. The average Bonchev–Trinajstić information content (AvgIpc) is 2.60. The smallest absolute Gasteiger partial charge is 0.262 e. The Morgan fingerprint density at radius 1 is 1.32 bits per heavy atom. The topological polar surface area (TPSA) is 86.0 Å². The number of hydrogen-bond donors (Lipinski definition) is 2. The summed E-state index contributed by atoms with van der Waals surface area (Å²) < 4.78 is 0.614. The van der Waals surface area contributed by atoms with Crippen LogP contribution in [0.4, 0.5) is 0 Å². The summed E-state index contributed by atoms with van der Waals surface area (Å²) in [6.07, 6.45) is 1.87. The molecule has 0 radical (unpaired) electrons. The van der Waals surface area contributed by atoms with Gasteiger partial charge >= 0.3 is 0 Å². The van der Waals surface area contributed by atoms with Crippen LogP contribution in [-0.2, 0) is 11.2 Å². The summed E-state index contributed by atoms with van der Waals surface area (Å²) in [5, 5.41) is 21.8. The van der Waals surface area contributed by atoms with Crippen LogP contribution < -0.4 is 5.32 Å². The number of halogens is 1. The summed E-state index contributed by atoms with van der Waals surface area (Å²) in [7, 11) is 0. The number of rotatable bonds is 6. The number of aliphatic hydroxyl groups excluding tert-OH is 1. The van der Waals surface area contributed by atoms with E-state index in [0.29, 0.717) is 16.7 Å². The normalized spacial score (nSPS) is 13.6. The van der Waals surface area contributed by atoms with Gasteiger partial charge in [-0.15, -0.1) is 0 Å². The lowest BCUT2D eigenvalue weighted by Crippen LogP contribution is -2.51. The lowest BCUT2D eigenvalue weighted by Gasteiger charge is -2.28. The van der Waals surface area contributed by atoms with Gasteiger partial charge in [0, 0.05) is 0 Å². The largest absolute Gasteiger partial charge is 0.394 e. The van der Waals surface area contributed by atoms with Gasteiger partial charge in [0.15, 0.2) is 0 Å². The molecule has 1 heterocycles. The second-order valence-corrected chi connectivity index (χ2v) is 6.70. The van der Waals surface area contributed by atoms with Crippen LogP contribution in [0.1, 0.15) is 18.2 Å². The van der Waals surface area contributed by atoms with Crippen LogP contribution in [0.5, 0.6) is 0 Å². The summed E-state index contributed by atoms with van der Waals surface area (Å²) in [6.45, 7) is 1.49. The minimum atomic E-state index is -0.876. The van der Waals surface area contributed by atoms with Gasteiger partial charge in [0.2, 0.25) is 0 Å². The van der Waals surface area contributed by atoms with Crippen molar-refractivity contribution in [3.63, 3.8) is 0 Å². The Morgan fingerprint density at radius 2 is 2.04 bits per heavy atom. The van der Waals surface area contributed by atoms with Gasteiger partial charge in [-0.05, 0) is 53.0 Å². The van der Waals surface area contributed by atoms with Gasteiger partial charge in [0.1, 0.15) is 16.2 Å². The SMILES string of the molecule is CC(CO)(Cc1ccccc1)NC(=O)/C(C#N)=C/c1cccc(Br)n1. The second-order valence-electron chi connectivity index (χ2n) is 5.89. The molecule has 2 rings (SSSR count). The van der Waals surface area contributed by atoms with Crippen molar-refractivity contribution in [3.8, 4) is 6.07 Å². The Balaban J connectivity index is 2.18. The van der Waals surface area contributed by atoms with E-state index in [0.717, 1.165) is 5.56 Å². The molecule has 0 fully saturated rings. The van der Waals surface area contributed by atoms with Gasteiger partial charge in [0.05, 0.1) is 17.8 Å². The van der Waals surface area contributed by atoms with Crippen molar-refractivity contribution in [2.24, 2.45) is 0 Å². The molecule has 1 aromatic heterocycles. The molecule has 0 bridgehead atoms. The average molecular weight is 400 g/mol. The Labute approximate surface area is 155 Å². The first kappa shape index (κ1) is 18.8. The number of amides is 1. The third kappa shape index (κ3) is 5.52. The van der Waals surface area contributed by atoms with E-state index in [1.54, 1.807) is 25.1 Å². The van der Waals surface area contributed by atoms with Crippen LogP contribution in [0, 0.1) is 11.3 Å². The molecule has 1 amide bonds. The summed E-state index contributed by atoms with van der Waals surface area (Å²) >= 11 is 3.25. The fourth-order valence-electron chi connectivity index (χ4n) is 2.33. The summed E-state index contributed by atoms with van der Waals surface area (Å²) in [5.41, 5.74) is 0.530. The van der Waals surface area contributed by atoms with Crippen molar-refractivity contribution in [2.45, 2.75) is 18.9 Å². The zero-order chi connectivity index (χ0) is 18.3. The van der Waals surface area contributed by atoms with Gasteiger partial charge in [-0.2, -0.15) is 5.26 Å². The number of hydrogen-bond acceptors (Lipinski definition) is 4. The molecule has 0 saturated carbocycles. The highest BCUT2D eigenvalue weighted by molar-refractivity contribution is 9.10. The number of nitrogens with zero attached hydrogens (tertiary/aromatic N) is 2. The number of pyridine rings is 1. The van der Waals surface area contributed by atoms with Crippen LogP contribution in [0.2, 0.25) is 0 Å². The Morgan fingerprint density at radius 3 is 2.64 bits per heavy atom. The second kappa shape index (κ2) is 8.56. The van der Waals surface area contributed by atoms with E-state index in [1.807, 2.05) is 36.4 Å². The maximum absolute atomic E-state index is 12.5. The number of nitriles is 1. The highest BCUT2D eigenvalue weighted by Crippen LogP contribution is 2.15. The molecule has 2 N–H and O–H groups in total. The number of aromatic nitrogens is 1. The van der Waals surface area contributed by atoms with Gasteiger partial charge in [-0.1, -0.05) is 36.4 Å². The highest BCUT2D eigenvalue weighted by atomic mass is 79.9. The van der Waals surface area contributed by atoms with Crippen LogP contribution in [0.15, 0.2) is 58.7 Å². The summed E-state index contributed by atoms with van der Waals surface area (Å²) in [4.78, 5) is 16.7. The summed E-state index contributed by atoms with van der Waals surface area (Å²) in [6, 6.07) is 16.7. The number of aliphatic hydroxyl groups is 1. The summed E-state index contributed by atoms with van der Waals surface area (Å²) in [5.74, 6) is -0.545.